The molecule has 0 saturated carbocycles. The van der Waals surface area contributed by atoms with Crippen LogP contribution >= 0.6 is 0 Å². The molecule has 0 aromatic carbocycles. The molecule has 0 radical (unpaired) electrons. The fourth-order valence-electron chi connectivity index (χ4n) is 1.75. The Hall–Kier alpha value is -1.36. The van der Waals surface area contributed by atoms with Crippen molar-refractivity contribution in [1.29, 1.82) is 0 Å². The van der Waals surface area contributed by atoms with Gasteiger partial charge in [0.15, 0.2) is 0 Å². The summed E-state index contributed by atoms with van der Waals surface area (Å²) in [6.07, 6.45) is 5.56. The van der Waals surface area contributed by atoms with Gasteiger partial charge in [0, 0.05) is 12.6 Å². The molecular formula is C10H16N4O. The fourth-order valence-corrected chi connectivity index (χ4v) is 1.75. The molecule has 1 aromatic heterocycles. The van der Waals surface area contributed by atoms with Gasteiger partial charge in [-0.1, -0.05) is 0 Å². The van der Waals surface area contributed by atoms with E-state index in [1.165, 1.54) is 0 Å². The summed E-state index contributed by atoms with van der Waals surface area (Å²) in [5.74, 6) is 1.23. The number of aromatic nitrogens is 2. The van der Waals surface area contributed by atoms with Gasteiger partial charge in [-0.2, -0.15) is 0 Å². The van der Waals surface area contributed by atoms with Crippen LogP contribution in [0.1, 0.15) is 19.8 Å². The zero-order valence-electron chi connectivity index (χ0n) is 8.81. The van der Waals surface area contributed by atoms with E-state index in [9.17, 15) is 0 Å². The lowest BCUT2D eigenvalue weighted by Gasteiger charge is -2.28. The molecule has 82 valence electrons. The summed E-state index contributed by atoms with van der Waals surface area (Å²) in [6.45, 7) is 2.89. The van der Waals surface area contributed by atoms with E-state index in [1.54, 1.807) is 12.4 Å². The van der Waals surface area contributed by atoms with Crippen LogP contribution in [0.4, 0.5) is 11.6 Å². The zero-order valence-corrected chi connectivity index (χ0v) is 8.81. The number of rotatable bonds is 2. The van der Waals surface area contributed by atoms with Gasteiger partial charge >= 0.3 is 0 Å². The smallest absolute Gasteiger partial charge is 0.144 e. The molecule has 2 atom stereocenters. The third kappa shape index (κ3) is 2.79. The summed E-state index contributed by atoms with van der Waals surface area (Å²) >= 11 is 0. The molecule has 2 heterocycles. The molecule has 0 aliphatic carbocycles. The summed E-state index contributed by atoms with van der Waals surface area (Å²) in [5, 5.41) is 3.33. The monoisotopic (exact) mass is 208 g/mol. The Morgan fingerprint density at radius 2 is 2.33 bits per heavy atom. The Labute approximate surface area is 89.1 Å². The minimum absolute atomic E-state index is 0.318. The molecule has 0 amide bonds. The van der Waals surface area contributed by atoms with Crippen molar-refractivity contribution < 1.29 is 4.74 Å². The number of nitrogens with two attached hydrogens (primary N) is 1. The van der Waals surface area contributed by atoms with Gasteiger partial charge in [0.05, 0.1) is 18.5 Å². The molecular weight excluding hydrogens is 192 g/mol. The highest BCUT2D eigenvalue weighted by Crippen LogP contribution is 2.16. The second-order valence-electron chi connectivity index (χ2n) is 3.87. The SMILES string of the molecule is CC1CC(Nc2cnc(N)cn2)CCO1. The molecule has 1 aliphatic rings. The van der Waals surface area contributed by atoms with Gasteiger partial charge in [0.1, 0.15) is 11.6 Å². The molecule has 2 rings (SSSR count). The number of anilines is 2. The normalized spacial score (nSPS) is 26.2. The summed E-state index contributed by atoms with van der Waals surface area (Å²) in [4.78, 5) is 8.14. The van der Waals surface area contributed by atoms with Crippen LogP contribution in [0.2, 0.25) is 0 Å². The standard InChI is InChI=1S/C10H16N4O/c1-7-4-8(2-3-15-7)14-10-6-12-9(11)5-13-10/h5-8H,2-4H2,1H3,(H2,11,12)(H,13,14). The van der Waals surface area contributed by atoms with E-state index in [0.29, 0.717) is 18.0 Å². The van der Waals surface area contributed by atoms with E-state index in [2.05, 4.69) is 22.2 Å². The molecule has 1 fully saturated rings. The molecule has 0 spiro atoms. The predicted molar refractivity (Wildman–Crippen MR) is 58.5 cm³/mol. The lowest BCUT2D eigenvalue weighted by molar-refractivity contribution is 0.0232. The maximum atomic E-state index is 5.47. The van der Waals surface area contributed by atoms with Crippen LogP contribution in [0, 0.1) is 0 Å². The summed E-state index contributed by atoms with van der Waals surface area (Å²) in [7, 11) is 0. The van der Waals surface area contributed by atoms with Crippen molar-refractivity contribution in [3.63, 3.8) is 0 Å². The number of nitrogen functional groups attached to an aromatic ring is 1. The lowest BCUT2D eigenvalue weighted by Crippen LogP contribution is -2.32. The average Bonchev–Trinajstić information content (AvgIpc) is 2.22. The van der Waals surface area contributed by atoms with E-state index >= 15 is 0 Å². The molecule has 15 heavy (non-hydrogen) atoms. The molecule has 1 aromatic rings. The van der Waals surface area contributed by atoms with Crippen molar-refractivity contribution >= 4 is 11.6 Å². The van der Waals surface area contributed by atoms with E-state index in [1.807, 2.05) is 0 Å². The molecule has 5 nitrogen and oxygen atoms in total. The largest absolute Gasteiger partial charge is 0.382 e. The summed E-state index contributed by atoms with van der Waals surface area (Å²) in [5.41, 5.74) is 5.46. The van der Waals surface area contributed by atoms with Gasteiger partial charge in [0.25, 0.3) is 0 Å². The first-order valence-corrected chi connectivity index (χ1v) is 5.19. The minimum Gasteiger partial charge on any atom is -0.382 e. The molecule has 0 bridgehead atoms. The van der Waals surface area contributed by atoms with Crippen molar-refractivity contribution in [3.8, 4) is 0 Å². The Bertz CT molecular complexity index is 314. The number of hydrogen-bond acceptors (Lipinski definition) is 5. The van der Waals surface area contributed by atoms with Crippen LogP contribution in [-0.4, -0.2) is 28.7 Å². The van der Waals surface area contributed by atoms with Gasteiger partial charge in [-0.3, -0.25) is 0 Å². The summed E-state index contributed by atoms with van der Waals surface area (Å²) < 4.78 is 5.47. The van der Waals surface area contributed by atoms with Crippen molar-refractivity contribution in [2.24, 2.45) is 0 Å². The molecule has 5 heteroatoms. The Balaban J connectivity index is 1.93. The second kappa shape index (κ2) is 4.44. The minimum atomic E-state index is 0.318. The first kappa shape index (κ1) is 10.2. The summed E-state index contributed by atoms with van der Waals surface area (Å²) in [6, 6.07) is 0.423. The van der Waals surface area contributed by atoms with Gasteiger partial charge < -0.3 is 15.8 Å². The first-order valence-electron chi connectivity index (χ1n) is 5.19. The topological polar surface area (TPSA) is 73.1 Å². The van der Waals surface area contributed by atoms with E-state index < -0.39 is 0 Å². The van der Waals surface area contributed by atoms with Crippen LogP contribution < -0.4 is 11.1 Å². The second-order valence-corrected chi connectivity index (χ2v) is 3.87. The molecule has 1 aliphatic heterocycles. The first-order chi connectivity index (χ1) is 7.24. The Kier molecular flexibility index (Phi) is 3.01. The van der Waals surface area contributed by atoms with E-state index in [0.717, 1.165) is 25.3 Å². The maximum Gasteiger partial charge on any atom is 0.144 e. The number of nitrogens with one attached hydrogen (secondary N) is 1. The van der Waals surface area contributed by atoms with Crippen LogP contribution in [0.3, 0.4) is 0 Å². The predicted octanol–water partition coefficient (Wildman–Crippen LogP) is 1.04. The lowest BCUT2D eigenvalue weighted by atomic mass is 10.0. The van der Waals surface area contributed by atoms with Crippen molar-refractivity contribution in [1.82, 2.24) is 9.97 Å². The highest BCUT2D eigenvalue weighted by molar-refractivity contribution is 5.36. The number of ether oxygens (including phenoxy) is 1. The number of hydrogen-bond donors (Lipinski definition) is 2. The van der Waals surface area contributed by atoms with Gasteiger partial charge in [0.2, 0.25) is 0 Å². The van der Waals surface area contributed by atoms with E-state index in [4.69, 9.17) is 10.5 Å². The molecule has 1 saturated heterocycles. The Morgan fingerprint density at radius 3 is 3.00 bits per heavy atom. The van der Waals surface area contributed by atoms with Gasteiger partial charge in [-0.05, 0) is 19.8 Å². The quantitative estimate of drug-likeness (QED) is 0.759. The van der Waals surface area contributed by atoms with Crippen LogP contribution in [0.15, 0.2) is 12.4 Å². The highest BCUT2D eigenvalue weighted by Gasteiger charge is 2.19. The van der Waals surface area contributed by atoms with Crippen molar-refractivity contribution in [2.45, 2.75) is 31.9 Å². The van der Waals surface area contributed by atoms with Crippen molar-refractivity contribution in [2.75, 3.05) is 17.7 Å². The van der Waals surface area contributed by atoms with Gasteiger partial charge in [-0.25, -0.2) is 9.97 Å². The van der Waals surface area contributed by atoms with Crippen LogP contribution in [0.5, 0.6) is 0 Å². The fraction of sp³-hybridized carbons (Fsp3) is 0.600. The average molecular weight is 208 g/mol. The number of nitrogens with zero attached hydrogens (tertiary/aromatic N) is 2. The van der Waals surface area contributed by atoms with Crippen LogP contribution in [0.25, 0.3) is 0 Å². The third-order valence-electron chi connectivity index (χ3n) is 2.51. The third-order valence-corrected chi connectivity index (χ3v) is 2.51. The maximum absolute atomic E-state index is 5.47. The van der Waals surface area contributed by atoms with Gasteiger partial charge in [-0.15, -0.1) is 0 Å². The zero-order chi connectivity index (χ0) is 10.7. The molecule has 3 N–H and O–H groups in total. The highest BCUT2D eigenvalue weighted by atomic mass is 16.5. The Morgan fingerprint density at radius 1 is 1.47 bits per heavy atom. The van der Waals surface area contributed by atoms with E-state index in [-0.39, 0.29) is 0 Å². The van der Waals surface area contributed by atoms with Crippen LogP contribution in [-0.2, 0) is 4.74 Å². The molecule has 2 unspecified atom stereocenters. The van der Waals surface area contributed by atoms with Crippen molar-refractivity contribution in [3.05, 3.63) is 12.4 Å².